The predicted molar refractivity (Wildman–Crippen MR) is 55.6 cm³/mol. The molecule has 0 aliphatic carbocycles. The number of hydrogen-bond acceptors (Lipinski definition) is 4. The fourth-order valence-corrected chi connectivity index (χ4v) is 1.88. The van der Waals surface area contributed by atoms with Crippen molar-refractivity contribution in [3.05, 3.63) is 22.4 Å². The average Bonchev–Trinajstić information content (AvgIpc) is 2.64. The summed E-state index contributed by atoms with van der Waals surface area (Å²) < 4.78 is 5.30. The van der Waals surface area contributed by atoms with E-state index in [0.717, 1.165) is 13.0 Å². The van der Waals surface area contributed by atoms with Crippen LogP contribution in [0, 0.1) is 0 Å². The molecule has 3 N–H and O–H groups in total. The SMILES string of the molecule is CCOCC(Cc1cccs1)NN. The van der Waals surface area contributed by atoms with Crippen LogP contribution in [-0.4, -0.2) is 19.3 Å². The van der Waals surface area contributed by atoms with Gasteiger partial charge in [-0.1, -0.05) is 6.07 Å². The van der Waals surface area contributed by atoms with Crippen LogP contribution in [-0.2, 0) is 11.2 Å². The van der Waals surface area contributed by atoms with Gasteiger partial charge in [0.2, 0.25) is 0 Å². The molecular weight excluding hydrogens is 184 g/mol. The molecule has 1 aromatic rings. The van der Waals surface area contributed by atoms with Gasteiger partial charge >= 0.3 is 0 Å². The van der Waals surface area contributed by atoms with E-state index in [1.54, 1.807) is 11.3 Å². The van der Waals surface area contributed by atoms with Gasteiger partial charge in [0, 0.05) is 23.9 Å². The summed E-state index contributed by atoms with van der Waals surface area (Å²) >= 11 is 1.75. The minimum Gasteiger partial charge on any atom is -0.380 e. The standard InChI is InChI=1S/C9H16N2OS/c1-2-12-7-8(11-10)6-9-4-3-5-13-9/h3-5,8,11H,2,6-7,10H2,1H3. The molecule has 0 radical (unpaired) electrons. The zero-order valence-electron chi connectivity index (χ0n) is 7.82. The van der Waals surface area contributed by atoms with E-state index < -0.39 is 0 Å². The first-order valence-corrected chi connectivity index (χ1v) is 5.31. The third-order valence-electron chi connectivity index (χ3n) is 1.79. The summed E-state index contributed by atoms with van der Waals surface area (Å²) in [6, 6.07) is 4.38. The van der Waals surface area contributed by atoms with Gasteiger partial charge in [0.05, 0.1) is 6.61 Å². The Morgan fingerprint density at radius 3 is 3.08 bits per heavy atom. The molecule has 0 amide bonds. The van der Waals surface area contributed by atoms with E-state index in [2.05, 4.69) is 16.9 Å². The number of hydrogen-bond donors (Lipinski definition) is 2. The maximum atomic E-state index is 5.40. The van der Waals surface area contributed by atoms with E-state index >= 15 is 0 Å². The average molecular weight is 200 g/mol. The largest absolute Gasteiger partial charge is 0.380 e. The molecule has 1 rings (SSSR count). The molecule has 3 nitrogen and oxygen atoms in total. The van der Waals surface area contributed by atoms with Crippen molar-refractivity contribution in [2.75, 3.05) is 13.2 Å². The van der Waals surface area contributed by atoms with Gasteiger partial charge in [0.15, 0.2) is 0 Å². The Morgan fingerprint density at radius 1 is 1.69 bits per heavy atom. The maximum absolute atomic E-state index is 5.40. The Hall–Kier alpha value is -0.420. The van der Waals surface area contributed by atoms with Crippen LogP contribution in [0.2, 0.25) is 0 Å². The summed E-state index contributed by atoms with van der Waals surface area (Å²) in [5, 5.41) is 2.07. The zero-order chi connectivity index (χ0) is 9.52. The van der Waals surface area contributed by atoms with Gasteiger partial charge in [0.1, 0.15) is 0 Å². The molecule has 0 aliphatic heterocycles. The van der Waals surface area contributed by atoms with Crippen molar-refractivity contribution in [2.24, 2.45) is 5.84 Å². The van der Waals surface area contributed by atoms with Crippen molar-refractivity contribution in [2.45, 2.75) is 19.4 Å². The molecule has 0 aliphatic rings. The Labute approximate surface area is 82.9 Å². The first kappa shape index (κ1) is 10.7. The second-order valence-electron chi connectivity index (χ2n) is 2.81. The summed E-state index contributed by atoms with van der Waals surface area (Å²) in [6.45, 7) is 3.40. The normalized spacial score (nSPS) is 13.1. The summed E-state index contributed by atoms with van der Waals surface area (Å²) in [5.41, 5.74) is 2.76. The van der Waals surface area contributed by atoms with E-state index in [9.17, 15) is 0 Å². The molecule has 74 valence electrons. The van der Waals surface area contributed by atoms with E-state index in [1.807, 2.05) is 13.0 Å². The number of ether oxygens (including phenoxy) is 1. The van der Waals surface area contributed by atoms with Crippen molar-refractivity contribution in [1.29, 1.82) is 0 Å². The van der Waals surface area contributed by atoms with Crippen molar-refractivity contribution < 1.29 is 4.74 Å². The summed E-state index contributed by atoms with van der Waals surface area (Å²) in [5.74, 6) is 5.40. The van der Waals surface area contributed by atoms with Crippen molar-refractivity contribution in [3.8, 4) is 0 Å². The number of thiophene rings is 1. The number of rotatable bonds is 6. The quantitative estimate of drug-likeness (QED) is 0.535. The van der Waals surface area contributed by atoms with Gasteiger partial charge < -0.3 is 4.74 Å². The first-order valence-electron chi connectivity index (χ1n) is 4.43. The van der Waals surface area contributed by atoms with Crippen LogP contribution in [0.3, 0.4) is 0 Å². The number of nitrogens with one attached hydrogen (secondary N) is 1. The monoisotopic (exact) mass is 200 g/mol. The molecule has 0 bridgehead atoms. The smallest absolute Gasteiger partial charge is 0.0636 e. The number of nitrogens with two attached hydrogens (primary N) is 1. The lowest BCUT2D eigenvalue weighted by Crippen LogP contribution is -2.40. The summed E-state index contributed by atoms with van der Waals surface area (Å²) in [4.78, 5) is 1.34. The summed E-state index contributed by atoms with van der Waals surface area (Å²) in [7, 11) is 0. The second kappa shape index (κ2) is 6.10. The molecule has 1 unspecified atom stereocenters. The third kappa shape index (κ3) is 3.87. The molecule has 0 spiro atoms. The molecule has 4 heteroatoms. The van der Waals surface area contributed by atoms with E-state index in [4.69, 9.17) is 10.6 Å². The highest BCUT2D eigenvalue weighted by atomic mass is 32.1. The molecule has 1 atom stereocenters. The second-order valence-corrected chi connectivity index (χ2v) is 3.84. The first-order chi connectivity index (χ1) is 6.36. The van der Waals surface area contributed by atoms with Gasteiger partial charge in [-0.25, -0.2) is 0 Å². The molecule has 0 saturated carbocycles. The van der Waals surface area contributed by atoms with Gasteiger partial charge in [-0.3, -0.25) is 11.3 Å². The highest BCUT2D eigenvalue weighted by Gasteiger charge is 2.07. The predicted octanol–water partition coefficient (Wildman–Crippen LogP) is 1.16. The van der Waals surface area contributed by atoms with E-state index in [1.165, 1.54) is 4.88 Å². The van der Waals surface area contributed by atoms with Crippen LogP contribution in [0.4, 0.5) is 0 Å². The Kier molecular flexibility index (Phi) is 5.00. The molecule has 1 heterocycles. The van der Waals surface area contributed by atoms with Crippen molar-refractivity contribution in [3.63, 3.8) is 0 Å². The zero-order valence-corrected chi connectivity index (χ0v) is 8.64. The molecule has 0 saturated heterocycles. The molecule has 0 fully saturated rings. The highest BCUT2D eigenvalue weighted by molar-refractivity contribution is 7.09. The maximum Gasteiger partial charge on any atom is 0.0636 e. The van der Waals surface area contributed by atoms with Gasteiger partial charge in [-0.2, -0.15) is 0 Å². The minimum absolute atomic E-state index is 0.221. The van der Waals surface area contributed by atoms with Crippen LogP contribution in [0.25, 0.3) is 0 Å². The van der Waals surface area contributed by atoms with Gasteiger partial charge in [-0.15, -0.1) is 11.3 Å². The van der Waals surface area contributed by atoms with Crippen molar-refractivity contribution in [1.82, 2.24) is 5.43 Å². The lowest BCUT2D eigenvalue weighted by Gasteiger charge is -2.14. The van der Waals surface area contributed by atoms with Crippen molar-refractivity contribution >= 4 is 11.3 Å². The van der Waals surface area contributed by atoms with Gasteiger partial charge in [-0.05, 0) is 18.4 Å². The lowest BCUT2D eigenvalue weighted by molar-refractivity contribution is 0.123. The minimum atomic E-state index is 0.221. The fraction of sp³-hybridized carbons (Fsp3) is 0.556. The van der Waals surface area contributed by atoms with Crippen LogP contribution in [0.5, 0.6) is 0 Å². The van der Waals surface area contributed by atoms with Gasteiger partial charge in [0.25, 0.3) is 0 Å². The Bertz CT molecular complexity index is 213. The molecule has 0 aromatic carbocycles. The van der Waals surface area contributed by atoms with Crippen LogP contribution < -0.4 is 11.3 Å². The highest BCUT2D eigenvalue weighted by Crippen LogP contribution is 2.10. The van der Waals surface area contributed by atoms with E-state index in [0.29, 0.717) is 6.61 Å². The Morgan fingerprint density at radius 2 is 2.54 bits per heavy atom. The molecule has 13 heavy (non-hydrogen) atoms. The molecule has 1 aromatic heterocycles. The molecular formula is C9H16N2OS. The van der Waals surface area contributed by atoms with Crippen LogP contribution in [0.1, 0.15) is 11.8 Å². The van der Waals surface area contributed by atoms with E-state index in [-0.39, 0.29) is 6.04 Å². The Balaban J connectivity index is 2.31. The lowest BCUT2D eigenvalue weighted by atomic mass is 10.2. The van der Waals surface area contributed by atoms with Crippen LogP contribution in [0.15, 0.2) is 17.5 Å². The van der Waals surface area contributed by atoms with Crippen LogP contribution >= 0.6 is 11.3 Å². The number of hydrazine groups is 1. The third-order valence-corrected chi connectivity index (χ3v) is 2.69. The summed E-state index contributed by atoms with van der Waals surface area (Å²) in [6.07, 6.45) is 0.939. The topological polar surface area (TPSA) is 47.3 Å². The fourth-order valence-electron chi connectivity index (χ4n) is 1.10.